The maximum atomic E-state index is 12.6. The molecule has 0 heterocycles. The van der Waals surface area contributed by atoms with Crippen LogP contribution in [-0.4, -0.2) is 19.8 Å². The predicted octanol–water partition coefficient (Wildman–Crippen LogP) is 4.48. The number of sulfonamides is 1. The van der Waals surface area contributed by atoms with Gasteiger partial charge < -0.3 is 0 Å². The van der Waals surface area contributed by atoms with Crippen molar-refractivity contribution in [1.29, 1.82) is 0 Å². The Kier molecular flexibility index (Phi) is 5.09. The summed E-state index contributed by atoms with van der Waals surface area (Å²) in [5, 5.41) is 0.591. The van der Waals surface area contributed by atoms with Gasteiger partial charge in [0.05, 0.1) is 4.90 Å². The fourth-order valence-corrected chi connectivity index (χ4v) is 3.77. The van der Waals surface area contributed by atoms with Crippen LogP contribution in [0.5, 0.6) is 0 Å². The Hall–Kier alpha value is -0.880. The molecule has 1 unspecified atom stereocenters. The molecule has 0 fully saturated rings. The van der Waals surface area contributed by atoms with Crippen molar-refractivity contribution in [2.24, 2.45) is 0 Å². The largest absolute Gasteiger partial charge is 0.243 e. The van der Waals surface area contributed by atoms with E-state index in [0.717, 1.165) is 10.0 Å². The summed E-state index contributed by atoms with van der Waals surface area (Å²) in [5.74, 6) is 0. The lowest BCUT2D eigenvalue weighted by Gasteiger charge is -2.25. The van der Waals surface area contributed by atoms with Crippen LogP contribution in [0.1, 0.15) is 18.5 Å². The Morgan fingerprint density at radius 2 is 1.76 bits per heavy atom. The number of halogens is 2. The third-order valence-corrected chi connectivity index (χ3v) is 6.07. The van der Waals surface area contributed by atoms with E-state index in [0.29, 0.717) is 5.02 Å². The van der Waals surface area contributed by atoms with Gasteiger partial charge in [0.1, 0.15) is 0 Å². The molecule has 21 heavy (non-hydrogen) atoms. The summed E-state index contributed by atoms with van der Waals surface area (Å²) >= 11 is 9.27. The average Bonchev–Trinajstić information content (AvgIpc) is 2.46. The Balaban J connectivity index is 2.33. The minimum atomic E-state index is -3.55. The molecule has 1 atom stereocenters. The summed E-state index contributed by atoms with van der Waals surface area (Å²) in [4.78, 5) is 0.266. The van der Waals surface area contributed by atoms with Crippen molar-refractivity contribution in [1.82, 2.24) is 4.31 Å². The van der Waals surface area contributed by atoms with E-state index in [2.05, 4.69) is 15.9 Å². The highest BCUT2D eigenvalue weighted by molar-refractivity contribution is 9.10. The van der Waals surface area contributed by atoms with Crippen molar-refractivity contribution in [2.45, 2.75) is 17.9 Å². The normalized spacial score (nSPS) is 13.4. The van der Waals surface area contributed by atoms with Gasteiger partial charge in [-0.25, -0.2) is 8.42 Å². The highest BCUT2D eigenvalue weighted by atomic mass is 79.9. The summed E-state index contributed by atoms with van der Waals surface area (Å²) < 4.78 is 27.4. The van der Waals surface area contributed by atoms with E-state index >= 15 is 0 Å². The smallest absolute Gasteiger partial charge is 0.207 e. The topological polar surface area (TPSA) is 37.4 Å². The standard InChI is InChI=1S/C15H15BrClNO2S/c1-11(12-4-3-5-14(17)10-12)18(2)21(19,20)15-8-6-13(16)7-9-15/h3-11H,1-2H3. The highest BCUT2D eigenvalue weighted by Gasteiger charge is 2.26. The molecule has 0 aliphatic rings. The van der Waals surface area contributed by atoms with Crippen LogP contribution in [0.15, 0.2) is 57.9 Å². The van der Waals surface area contributed by atoms with Gasteiger partial charge in [-0.3, -0.25) is 0 Å². The zero-order chi connectivity index (χ0) is 15.6. The molecular formula is C15H15BrClNO2S. The molecule has 0 amide bonds. The molecule has 0 aliphatic carbocycles. The van der Waals surface area contributed by atoms with Crippen LogP contribution in [0, 0.1) is 0 Å². The summed E-state index contributed by atoms with van der Waals surface area (Å²) in [7, 11) is -1.97. The first-order valence-electron chi connectivity index (χ1n) is 6.31. The van der Waals surface area contributed by atoms with Crippen LogP contribution in [0.3, 0.4) is 0 Å². The minimum absolute atomic E-state index is 0.266. The lowest BCUT2D eigenvalue weighted by molar-refractivity contribution is 0.398. The Bertz CT molecular complexity index is 732. The van der Waals surface area contributed by atoms with E-state index in [1.807, 2.05) is 19.1 Å². The van der Waals surface area contributed by atoms with Crippen molar-refractivity contribution in [3.63, 3.8) is 0 Å². The summed E-state index contributed by atoms with van der Waals surface area (Å²) in [6, 6.07) is 13.5. The van der Waals surface area contributed by atoms with Crippen LogP contribution < -0.4 is 0 Å². The van der Waals surface area contributed by atoms with Crippen LogP contribution >= 0.6 is 27.5 Å². The van der Waals surface area contributed by atoms with E-state index in [1.54, 1.807) is 43.4 Å². The number of hydrogen-bond acceptors (Lipinski definition) is 2. The maximum absolute atomic E-state index is 12.6. The van der Waals surface area contributed by atoms with E-state index < -0.39 is 10.0 Å². The molecule has 2 aromatic rings. The molecule has 2 rings (SSSR count). The van der Waals surface area contributed by atoms with Crippen molar-refractivity contribution in [3.8, 4) is 0 Å². The van der Waals surface area contributed by atoms with Gasteiger partial charge in [0.25, 0.3) is 0 Å². The minimum Gasteiger partial charge on any atom is -0.207 e. The van der Waals surface area contributed by atoms with Crippen LogP contribution in [-0.2, 0) is 10.0 Å². The first kappa shape index (κ1) is 16.5. The first-order valence-corrected chi connectivity index (χ1v) is 8.92. The second-order valence-electron chi connectivity index (χ2n) is 4.71. The van der Waals surface area contributed by atoms with E-state index in [9.17, 15) is 8.42 Å². The predicted molar refractivity (Wildman–Crippen MR) is 89.0 cm³/mol. The lowest BCUT2D eigenvalue weighted by Crippen LogP contribution is -2.29. The zero-order valence-electron chi connectivity index (χ0n) is 11.6. The molecule has 112 valence electrons. The molecule has 0 spiro atoms. The molecule has 0 saturated heterocycles. The first-order chi connectivity index (χ1) is 9.82. The number of hydrogen-bond donors (Lipinski definition) is 0. The second kappa shape index (κ2) is 6.48. The molecule has 0 N–H and O–H groups in total. The monoisotopic (exact) mass is 387 g/mol. The third-order valence-electron chi connectivity index (χ3n) is 3.37. The molecule has 0 aliphatic heterocycles. The van der Waals surface area contributed by atoms with Crippen molar-refractivity contribution in [2.75, 3.05) is 7.05 Å². The molecule has 0 saturated carbocycles. The molecule has 0 aromatic heterocycles. The molecule has 0 bridgehead atoms. The molecule has 0 radical (unpaired) electrons. The number of rotatable bonds is 4. The summed E-state index contributed by atoms with van der Waals surface area (Å²) in [5.41, 5.74) is 0.852. The highest BCUT2D eigenvalue weighted by Crippen LogP contribution is 2.27. The molecular weight excluding hydrogens is 374 g/mol. The van der Waals surface area contributed by atoms with Crippen molar-refractivity contribution in [3.05, 3.63) is 63.6 Å². The van der Waals surface area contributed by atoms with Gasteiger partial charge in [0, 0.05) is 22.6 Å². The number of nitrogens with zero attached hydrogens (tertiary/aromatic N) is 1. The van der Waals surface area contributed by atoms with E-state index in [1.165, 1.54) is 4.31 Å². The van der Waals surface area contributed by atoms with Gasteiger partial charge in [0.2, 0.25) is 10.0 Å². The Morgan fingerprint density at radius 3 is 2.33 bits per heavy atom. The molecule has 3 nitrogen and oxygen atoms in total. The fourth-order valence-electron chi connectivity index (χ4n) is 1.96. The third kappa shape index (κ3) is 3.66. The Morgan fingerprint density at radius 1 is 1.14 bits per heavy atom. The Labute approximate surface area is 138 Å². The lowest BCUT2D eigenvalue weighted by atomic mass is 10.1. The molecule has 6 heteroatoms. The fraction of sp³-hybridized carbons (Fsp3) is 0.200. The SMILES string of the molecule is CC(c1cccc(Cl)c1)N(C)S(=O)(=O)c1ccc(Br)cc1. The van der Waals surface area contributed by atoms with Crippen LogP contribution in [0.2, 0.25) is 5.02 Å². The van der Waals surface area contributed by atoms with Crippen LogP contribution in [0.4, 0.5) is 0 Å². The van der Waals surface area contributed by atoms with E-state index in [4.69, 9.17) is 11.6 Å². The molecule has 2 aromatic carbocycles. The van der Waals surface area contributed by atoms with E-state index in [-0.39, 0.29) is 10.9 Å². The van der Waals surface area contributed by atoms with Gasteiger partial charge in [0.15, 0.2) is 0 Å². The van der Waals surface area contributed by atoms with Gasteiger partial charge >= 0.3 is 0 Å². The number of benzene rings is 2. The average molecular weight is 389 g/mol. The van der Waals surface area contributed by atoms with Gasteiger partial charge in [-0.2, -0.15) is 4.31 Å². The van der Waals surface area contributed by atoms with Crippen molar-refractivity contribution >= 4 is 37.6 Å². The maximum Gasteiger partial charge on any atom is 0.243 e. The van der Waals surface area contributed by atoms with Gasteiger partial charge in [-0.05, 0) is 48.9 Å². The second-order valence-corrected chi connectivity index (χ2v) is 8.06. The quantitative estimate of drug-likeness (QED) is 0.774. The van der Waals surface area contributed by atoms with Crippen LogP contribution in [0.25, 0.3) is 0 Å². The summed E-state index contributed by atoms with van der Waals surface area (Å²) in [6.45, 7) is 1.84. The van der Waals surface area contributed by atoms with Crippen molar-refractivity contribution < 1.29 is 8.42 Å². The zero-order valence-corrected chi connectivity index (χ0v) is 14.8. The van der Waals surface area contributed by atoms with Gasteiger partial charge in [-0.15, -0.1) is 0 Å². The van der Waals surface area contributed by atoms with Gasteiger partial charge in [-0.1, -0.05) is 39.7 Å². The summed E-state index contributed by atoms with van der Waals surface area (Å²) in [6.07, 6.45) is 0.